The lowest BCUT2D eigenvalue weighted by Crippen LogP contribution is -2.19. The van der Waals surface area contributed by atoms with E-state index in [-0.39, 0.29) is 11.5 Å². The molecule has 0 fully saturated rings. The number of ether oxygens (including phenoxy) is 1. The van der Waals surface area contributed by atoms with E-state index in [0.717, 1.165) is 6.42 Å². The number of nitrogens with zero attached hydrogens (tertiary/aromatic N) is 1. The number of rotatable bonds is 5. The first-order valence-electron chi connectivity index (χ1n) is 4.92. The molecule has 0 rings (SSSR count). The second-order valence-corrected chi connectivity index (χ2v) is 4.57. The highest BCUT2D eigenvalue weighted by atomic mass is 16.5. The third-order valence-electron chi connectivity index (χ3n) is 2.35. The number of hydrogen-bond acceptors (Lipinski definition) is 2. The minimum Gasteiger partial charge on any atom is -0.378 e. The molecule has 0 N–H and O–H groups in total. The zero-order valence-electron chi connectivity index (χ0n) is 9.42. The molecule has 1 unspecified atom stereocenters. The van der Waals surface area contributed by atoms with E-state index in [9.17, 15) is 0 Å². The van der Waals surface area contributed by atoms with Crippen LogP contribution in [-0.2, 0) is 4.74 Å². The summed E-state index contributed by atoms with van der Waals surface area (Å²) in [4.78, 5) is 0. The minimum absolute atomic E-state index is 0.253. The monoisotopic (exact) mass is 183 g/mol. The zero-order valence-corrected chi connectivity index (χ0v) is 9.42. The van der Waals surface area contributed by atoms with Crippen molar-refractivity contribution in [2.24, 2.45) is 11.3 Å². The Morgan fingerprint density at radius 2 is 1.85 bits per heavy atom. The fourth-order valence-electron chi connectivity index (χ4n) is 0.748. The molecule has 1 atom stereocenters. The van der Waals surface area contributed by atoms with Crippen LogP contribution in [0.2, 0.25) is 0 Å². The molecule has 2 heteroatoms. The van der Waals surface area contributed by atoms with Crippen molar-refractivity contribution in [1.82, 2.24) is 0 Å². The first kappa shape index (κ1) is 12.4. The summed E-state index contributed by atoms with van der Waals surface area (Å²) in [6.07, 6.45) is 1.09. The molecular formula is C11H21NO. The second kappa shape index (κ2) is 5.24. The molecule has 0 radical (unpaired) electrons. The molecule has 0 amide bonds. The quantitative estimate of drug-likeness (QED) is 0.656. The first-order valence-corrected chi connectivity index (χ1v) is 4.92. The maximum atomic E-state index is 8.76. The third kappa shape index (κ3) is 5.65. The van der Waals surface area contributed by atoms with Gasteiger partial charge in [-0.2, -0.15) is 5.26 Å². The Balaban J connectivity index is 3.64. The fourth-order valence-corrected chi connectivity index (χ4v) is 0.748. The Hall–Kier alpha value is -0.550. The number of nitriles is 1. The van der Waals surface area contributed by atoms with E-state index in [1.165, 1.54) is 0 Å². The van der Waals surface area contributed by atoms with Gasteiger partial charge in [-0.05, 0) is 33.1 Å². The highest BCUT2D eigenvalue weighted by Crippen LogP contribution is 2.19. The van der Waals surface area contributed by atoms with Crippen molar-refractivity contribution in [2.75, 3.05) is 6.61 Å². The lowest BCUT2D eigenvalue weighted by atomic mass is 9.92. The van der Waals surface area contributed by atoms with Gasteiger partial charge in [0.1, 0.15) is 0 Å². The molecule has 76 valence electrons. The van der Waals surface area contributed by atoms with Gasteiger partial charge in [0.05, 0.1) is 17.6 Å². The molecule has 0 aliphatic rings. The van der Waals surface area contributed by atoms with E-state index in [0.29, 0.717) is 12.5 Å². The van der Waals surface area contributed by atoms with Crippen LogP contribution in [0, 0.1) is 22.7 Å². The summed E-state index contributed by atoms with van der Waals surface area (Å²) in [5, 5.41) is 8.76. The Morgan fingerprint density at radius 1 is 1.31 bits per heavy atom. The summed E-state index contributed by atoms with van der Waals surface area (Å²) in [6.45, 7) is 10.9. The van der Waals surface area contributed by atoms with Crippen molar-refractivity contribution in [3.63, 3.8) is 0 Å². The van der Waals surface area contributed by atoms with Crippen LogP contribution < -0.4 is 0 Å². The molecule has 0 saturated carbocycles. The van der Waals surface area contributed by atoms with Gasteiger partial charge in [-0.1, -0.05) is 13.8 Å². The van der Waals surface area contributed by atoms with Gasteiger partial charge in [-0.15, -0.1) is 0 Å². The smallest absolute Gasteiger partial charge is 0.0684 e. The molecule has 0 aromatic heterocycles. The summed E-state index contributed by atoms with van der Waals surface area (Å²) in [7, 11) is 0. The van der Waals surface area contributed by atoms with E-state index in [2.05, 4.69) is 26.8 Å². The maximum absolute atomic E-state index is 8.76. The SMILES string of the molecule is CC(C)C(C)OCCC(C)(C)C#N. The van der Waals surface area contributed by atoms with Gasteiger partial charge in [0, 0.05) is 6.61 Å². The summed E-state index contributed by atoms with van der Waals surface area (Å²) < 4.78 is 5.59. The van der Waals surface area contributed by atoms with Gasteiger partial charge in [-0.25, -0.2) is 0 Å². The molecule has 13 heavy (non-hydrogen) atoms. The van der Waals surface area contributed by atoms with Crippen molar-refractivity contribution < 1.29 is 4.74 Å². The zero-order chi connectivity index (χ0) is 10.5. The molecule has 0 aromatic rings. The molecular weight excluding hydrogens is 162 g/mol. The predicted molar refractivity (Wildman–Crippen MR) is 54.3 cm³/mol. The van der Waals surface area contributed by atoms with E-state index < -0.39 is 0 Å². The number of hydrogen-bond donors (Lipinski definition) is 0. The van der Waals surface area contributed by atoms with Crippen molar-refractivity contribution in [2.45, 2.75) is 47.1 Å². The highest BCUT2D eigenvalue weighted by Gasteiger charge is 2.17. The van der Waals surface area contributed by atoms with Crippen molar-refractivity contribution in [3.05, 3.63) is 0 Å². The Bertz CT molecular complexity index is 179. The molecule has 0 spiro atoms. The molecule has 0 aliphatic carbocycles. The van der Waals surface area contributed by atoms with Crippen molar-refractivity contribution >= 4 is 0 Å². The van der Waals surface area contributed by atoms with Gasteiger partial charge < -0.3 is 4.74 Å². The molecule has 2 nitrogen and oxygen atoms in total. The molecule has 0 heterocycles. The summed E-state index contributed by atoms with van der Waals surface area (Å²) in [5.74, 6) is 0.546. The van der Waals surface area contributed by atoms with Gasteiger partial charge >= 0.3 is 0 Å². The first-order chi connectivity index (χ1) is 5.89. The molecule has 0 aromatic carbocycles. The van der Waals surface area contributed by atoms with Crippen LogP contribution in [0.15, 0.2) is 0 Å². The normalized spacial score (nSPS) is 14.2. The lowest BCUT2D eigenvalue weighted by Gasteiger charge is -2.20. The van der Waals surface area contributed by atoms with Crippen LogP contribution in [-0.4, -0.2) is 12.7 Å². The van der Waals surface area contributed by atoms with Gasteiger partial charge in [0.25, 0.3) is 0 Å². The van der Waals surface area contributed by atoms with Crippen molar-refractivity contribution in [1.29, 1.82) is 5.26 Å². The molecule has 0 aliphatic heterocycles. The van der Waals surface area contributed by atoms with Crippen LogP contribution in [0.4, 0.5) is 0 Å². The average Bonchev–Trinajstić information content (AvgIpc) is 2.04. The van der Waals surface area contributed by atoms with Gasteiger partial charge in [-0.3, -0.25) is 0 Å². The molecule has 0 saturated heterocycles. The molecule has 0 bridgehead atoms. The van der Waals surface area contributed by atoms with Gasteiger partial charge in [0.2, 0.25) is 0 Å². The minimum atomic E-state index is -0.253. The Labute approximate surface area is 81.9 Å². The largest absolute Gasteiger partial charge is 0.378 e. The van der Waals surface area contributed by atoms with Crippen LogP contribution in [0.3, 0.4) is 0 Å². The van der Waals surface area contributed by atoms with Crippen LogP contribution in [0.25, 0.3) is 0 Å². The van der Waals surface area contributed by atoms with E-state index in [1.807, 2.05) is 13.8 Å². The summed E-state index contributed by atoms with van der Waals surface area (Å²) in [6, 6.07) is 2.26. The predicted octanol–water partition coefficient (Wildman–Crippen LogP) is 2.99. The van der Waals surface area contributed by atoms with Crippen LogP contribution >= 0.6 is 0 Å². The standard InChI is InChI=1S/C11H21NO/c1-9(2)10(3)13-7-6-11(4,5)8-12/h9-10H,6-7H2,1-5H3. The van der Waals surface area contributed by atoms with E-state index >= 15 is 0 Å². The van der Waals surface area contributed by atoms with E-state index in [1.54, 1.807) is 0 Å². The Kier molecular flexibility index (Phi) is 5.02. The fraction of sp³-hybridized carbons (Fsp3) is 0.909. The summed E-state index contributed by atoms with van der Waals surface area (Å²) >= 11 is 0. The lowest BCUT2D eigenvalue weighted by molar-refractivity contribution is 0.0252. The average molecular weight is 183 g/mol. The second-order valence-electron chi connectivity index (χ2n) is 4.57. The highest BCUT2D eigenvalue weighted by molar-refractivity contribution is 4.91. The van der Waals surface area contributed by atoms with E-state index in [4.69, 9.17) is 10.00 Å². The van der Waals surface area contributed by atoms with Crippen LogP contribution in [0.5, 0.6) is 0 Å². The van der Waals surface area contributed by atoms with Gasteiger partial charge in [0.15, 0.2) is 0 Å². The topological polar surface area (TPSA) is 33.0 Å². The summed E-state index contributed by atoms with van der Waals surface area (Å²) in [5.41, 5.74) is -0.253. The maximum Gasteiger partial charge on any atom is 0.0684 e. The Morgan fingerprint density at radius 3 is 2.23 bits per heavy atom. The third-order valence-corrected chi connectivity index (χ3v) is 2.35. The van der Waals surface area contributed by atoms with Crippen molar-refractivity contribution in [3.8, 4) is 6.07 Å². The van der Waals surface area contributed by atoms with Crippen LogP contribution in [0.1, 0.15) is 41.0 Å².